The average molecular weight is 461 g/mol. The number of halogens is 6. The highest BCUT2D eigenvalue weighted by molar-refractivity contribution is 5.81. The average Bonchev–Trinajstić information content (AvgIpc) is 3.01. The van der Waals surface area contributed by atoms with Crippen LogP contribution in [0.1, 0.15) is 23.5 Å². The first-order chi connectivity index (χ1) is 14.9. The first-order valence-electron chi connectivity index (χ1n) is 9.37. The van der Waals surface area contributed by atoms with Crippen LogP contribution >= 0.6 is 0 Å². The van der Waals surface area contributed by atoms with Crippen LogP contribution in [0.4, 0.5) is 31.1 Å². The normalized spacial score (nSPS) is 14.6. The Bertz CT molecular complexity index is 945. The van der Waals surface area contributed by atoms with Gasteiger partial charge in [0.25, 0.3) is 0 Å². The Morgan fingerprint density at radius 1 is 0.906 bits per heavy atom. The van der Waals surface area contributed by atoms with E-state index in [9.17, 15) is 35.9 Å². The van der Waals surface area contributed by atoms with Gasteiger partial charge in [-0.05, 0) is 28.7 Å². The minimum absolute atomic E-state index is 0.284. The number of carboxylic acid groups (broad SMARTS) is 1. The summed E-state index contributed by atoms with van der Waals surface area (Å²) in [5.41, 5.74) is 3.45. The number of hydrogen-bond acceptors (Lipinski definition) is 3. The molecule has 2 aromatic rings. The van der Waals surface area contributed by atoms with Crippen molar-refractivity contribution in [2.45, 2.75) is 30.7 Å². The molecule has 11 heteroatoms. The number of ether oxygens (including phenoxy) is 1. The summed E-state index contributed by atoms with van der Waals surface area (Å²) in [6, 6.07) is 12.1. The number of nitrogens with one attached hydrogen (secondary N) is 1. The van der Waals surface area contributed by atoms with Crippen molar-refractivity contribution < 1.29 is 45.8 Å². The third-order valence-electron chi connectivity index (χ3n) is 5.20. The van der Waals surface area contributed by atoms with Crippen molar-refractivity contribution in [1.29, 1.82) is 0 Å². The van der Waals surface area contributed by atoms with E-state index in [0.29, 0.717) is 0 Å². The summed E-state index contributed by atoms with van der Waals surface area (Å²) in [6.07, 6.45) is -14.8. The van der Waals surface area contributed by atoms with Crippen molar-refractivity contribution in [3.63, 3.8) is 0 Å². The predicted molar refractivity (Wildman–Crippen MR) is 99.8 cm³/mol. The van der Waals surface area contributed by atoms with E-state index in [2.05, 4.69) is 0 Å². The Morgan fingerprint density at radius 2 is 1.38 bits per heavy atom. The molecule has 32 heavy (non-hydrogen) atoms. The lowest BCUT2D eigenvalue weighted by molar-refractivity contribution is -0.286. The third-order valence-corrected chi connectivity index (χ3v) is 5.20. The minimum Gasteiger partial charge on any atom is -0.480 e. The van der Waals surface area contributed by atoms with Crippen LogP contribution in [0.5, 0.6) is 0 Å². The molecule has 1 atom stereocenters. The van der Waals surface area contributed by atoms with E-state index >= 15 is 0 Å². The quantitative estimate of drug-likeness (QED) is 0.587. The molecule has 0 saturated heterocycles. The van der Waals surface area contributed by atoms with Crippen molar-refractivity contribution >= 4 is 12.1 Å². The molecule has 0 aromatic heterocycles. The molecule has 2 N–H and O–H groups in total. The summed E-state index contributed by atoms with van der Waals surface area (Å²) in [4.78, 5) is 23.3. The highest BCUT2D eigenvalue weighted by Crippen LogP contribution is 2.45. The molecule has 0 aliphatic heterocycles. The number of carboxylic acids is 1. The maximum atomic E-state index is 12.8. The standard InChI is InChI=1S/C21H17F6NO4/c22-20(23,24)17(21(25,26)27)9-16(18(29)30)28-19(31)32-10-15-13-7-3-1-5-11(13)12-6-2-4-8-14(12)15/h1-8,15-17H,9-10H2,(H,28,31)(H,29,30)/t16-/m1/s1. The Labute approximate surface area is 178 Å². The van der Waals surface area contributed by atoms with Gasteiger partial charge in [-0.25, -0.2) is 9.59 Å². The highest BCUT2D eigenvalue weighted by Gasteiger charge is 2.57. The fraction of sp³-hybridized carbons (Fsp3) is 0.333. The van der Waals surface area contributed by atoms with Crippen LogP contribution in [0.15, 0.2) is 48.5 Å². The second kappa shape index (κ2) is 8.71. The van der Waals surface area contributed by atoms with Crippen molar-refractivity contribution in [3.8, 4) is 11.1 Å². The number of rotatable bonds is 6. The third kappa shape index (κ3) is 4.97. The Hall–Kier alpha value is -3.24. The van der Waals surface area contributed by atoms with Gasteiger partial charge in [0.2, 0.25) is 0 Å². The smallest absolute Gasteiger partial charge is 0.407 e. The molecule has 0 bridgehead atoms. The van der Waals surface area contributed by atoms with E-state index in [-0.39, 0.29) is 6.61 Å². The Morgan fingerprint density at radius 3 is 1.81 bits per heavy atom. The summed E-state index contributed by atoms with van der Waals surface area (Å²) in [5.74, 6) is -6.38. The summed E-state index contributed by atoms with van der Waals surface area (Å²) in [5, 5.41) is 10.6. The number of carbonyl (C=O) groups is 2. The van der Waals surface area contributed by atoms with Gasteiger partial charge in [0.05, 0.1) is 0 Å². The lowest BCUT2D eigenvalue weighted by Gasteiger charge is -2.26. The lowest BCUT2D eigenvalue weighted by Crippen LogP contribution is -2.47. The second-order valence-corrected chi connectivity index (χ2v) is 7.23. The predicted octanol–water partition coefficient (Wildman–Crippen LogP) is 5.11. The second-order valence-electron chi connectivity index (χ2n) is 7.23. The maximum absolute atomic E-state index is 12.8. The first-order valence-corrected chi connectivity index (χ1v) is 9.37. The largest absolute Gasteiger partial charge is 0.480 e. The maximum Gasteiger partial charge on any atom is 0.407 e. The van der Waals surface area contributed by atoms with Gasteiger partial charge in [0.15, 0.2) is 5.92 Å². The van der Waals surface area contributed by atoms with Crippen molar-refractivity contribution in [3.05, 3.63) is 59.7 Å². The molecule has 2 aromatic carbocycles. The molecule has 1 aliphatic carbocycles. The summed E-state index contributed by atoms with van der Waals surface area (Å²) in [7, 11) is 0. The molecular weight excluding hydrogens is 444 g/mol. The molecule has 172 valence electrons. The number of benzene rings is 2. The van der Waals surface area contributed by atoms with Gasteiger partial charge in [-0.3, -0.25) is 0 Å². The zero-order valence-corrected chi connectivity index (χ0v) is 16.2. The van der Waals surface area contributed by atoms with Crippen molar-refractivity contribution in [1.82, 2.24) is 5.32 Å². The number of amides is 1. The van der Waals surface area contributed by atoms with Gasteiger partial charge in [0.1, 0.15) is 12.6 Å². The molecule has 0 fully saturated rings. The topological polar surface area (TPSA) is 75.6 Å². The molecule has 0 unspecified atom stereocenters. The number of hydrogen-bond donors (Lipinski definition) is 2. The number of alkyl carbamates (subject to hydrolysis) is 1. The Balaban J connectivity index is 1.70. The van der Waals surface area contributed by atoms with Gasteiger partial charge in [-0.15, -0.1) is 0 Å². The highest BCUT2D eigenvalue weighted by atomic mass is 19.4. The van der Waals surface area contributed by atoms with Crippen molar-refractivity contribution in [2.75, 3.05) is 6.61 Å². The number of carbonyl (C=O) groups excluding carboxylic acids is 1. The van der Waals surface area contributed by atoms with Crippen LogP contribution < -0.4 is 5.32 Å². The molecule has 0 spiro atoms. The molecule has 5 nitrogen and oxygen atoms in total. The van der Waals surface area contributed by atoms with E-state index in [4.69, 9.17) is 9.84 Å². The van der Waals surface area contributed by atoms with Gasteiger partial charge >= 0.3 is 24.4 Å². The van der Waals surface area contributed by atoms with E-state index in [1.54, 1.807) is 29.6 Å². The van der Waals surface area contributed by atoms with E-state index < -0.39 is 48.7 Å². The summed E-state index contributed by atoms with van der Waals surface area (Å²) < 4.78 is 81.5. The van der Waals surface area contributed by atoms with Crippen LogP contribution in [0.2, 0.25) is 0 Å². The molecule has 1 amide bonds. The Kier molecular flexibility index (Phi) is 6.38. The molecule has 3 rings (SSSR count). The zero-order chi connectivity index (χ0) is 23.7. The monoisotopic (exact) mass is 461 g/mol. The summed E-state index contributed by atoms with van der Waals surface area (Å²) in [6.45, 7) is -0.284. The van der Waals surface area contributed by atoms with Crippen LogP contribution in [0.3, 0.4) is 0 Å². The van der Waals surface area contributed by atoms with Crippen LogP contribution in [-0.4, -0.2) is 42.2 Å². The molecule has 1 aliphatic rings. The zero-order valence-electron chi connectivity index (χ0n) is 16.2. The molecular formula is C21H17F6NO4. The van der Waals surface area contributed by atoms with Crippen molar-refractivity contribution in [2.24, 2.45) is 5.92 Å². The lowest BCUT2D eigenvalue weighted by atomic mass is 9.98. The molecule has 0 heterocycles. The van der Waals surface area contributed by atoms with Crippen LogP contribution in [-0.2, 0) is 9.53 Å². The fourth-order valence-corrected chi connectivity index (χ4v) is 3.69. The molecule has 0 radical (unpaired) electrons. The van der Waals surface area contributed by atoms with Gasteiger partial charge in [0, 0.05) is 5.92 Å². The number of alkyl halides is 6. The number of fused-ring (bicyclic) bond motifs is 3. The van der Waals surface area contributed by atoms with Gasteiger partial charge in [-0.1, -0.05) is 48.5 Å². The van der Waals surface area contributed by atoms with Gasteiger partial charge in [-0.2, -0.15) is 26.3 Å². The van der Waals surface area contributed by atoms with Gasteiger partial charge < -0.3 is 15.2 Å². The van der Waals surface area contributed by atoms with E-state index in [1.165, 1.54) is 0 Å². The molecule has 0 saturated carbocycles. The SMILES string of the molecule is O=C(N[C@H](CC(C(F)(F)F)C(F)(F)F)C(=O)O)OCC1c2ccccc2-c2ccccc21. The number of aliphatic carboxylic acids is 1. The van der Waals surface area contributed by atoms with E-state index in [1.807, 2.05) is 24.3 Å². The van der Waals surface area contributed by atoms with E-state index in [0.717, 1.165) is 22.3 Å². The van der Waals surface area contributed by atoms with Crippen LogP contribution in [0.25, 0.3) is 11.1 Å². The first kappa shape index (κ1) is 23.4. The minimum atomic E-state index is -5.73. The van der Waals surface area contributed by atoms with Crippen LogP contribution in [0, 0.1) is 5.92 Å². The summed E-state index contributed by atoms with van der Waals surface area (Å²) >= 11 is 0. The fourth-order valence-electron chi connectivity index (χ4n) is 3.69.